The van der Waals surface area contributed by atoms with Crippen LogP contribution in [-0.4, -0.2) is 28.6 Å². The number of carboxylic acids is 1. The Balaban J connectivity index is 2.15. The Labute approximate surface area is 114 Å². The van der Waals surface area contributed by atoms with Gasteiger partial charge in [-0.25, -0.2) is 0 Å². The molecule has 0 aromatic heterocycles. The van der Waals surface area contributed by atoms with E-state index in [9.17, 15) is 4.79 Å². The van der Waals surface area contributed by atoms with Gasteiger partial charge in [-0.1, -0.05) is 15.9 Å². The van der Waals surface area contributed by atoms with E-state index in [1.54, 1.807) is 0 Å². The highest BCUT2D eigenvalue weighted by Crippen LogP contribution is 2.25. The van der Waals surface area contributed by atoms with Gasteiger partial charge in [0.1, 0.15) is 6.04 Å². The molecule has 1 aliphatic rings. The van der Waals surface area contributed by atoms with E-state index in [1.165, 1.54) is 0 Å². The molecule has 0 bridgehead atoms. The molecule has 1 saturated heterocycles. The predicted molar refractivity (Wildman–Crippen MR) is 72.5 cm³/mol. The van der Waals surface area contributed by atoms with Gasteiger partial charge in [0.2, 0.25) is 0 Å². The van der Waals surface area contributed by atoms with E-state index in [4.69, 9.17) is 5.11 Å². The van der Waals surface area contributed by atoms with Crippen LogP contribution in [0.25, 0.3) is 0 Å². The van der Waals surface area contributed by atoms with E-state index in [1.807, 2.05) is 23.1 Å². The van der Waals surface area contributed by atoms with E-state index in [0.717, 1.165) is 34.3 Å². The Morgan fingerprint density at radius 1 is 1.59 bits per heavy atom. The maximum Gasteiger partial charge on any atom is 0.320 e. The van der Waals surface area contributed by atoms with Gasteiger partial charge < -0.3 is 5.11 Å². The van der Waals surface area contributed by atoms with Crippen molar-refractivity contribution in [3.8, 4) is 0 Å². The molecule has 17 heavy (non-hydrogen) atoms. The minimum Gasteiger partial charge on any atom is -0.480 e. The molecule has 92 valence electrons. The topological polar surface area (TPSA) is 40.5 Å². The molecule has 0 unspecified atom stereocenters. The first-order valence-electron chi connectivity index (χ1n) is 5.52. The van der Waals surface area contributed by atoms with Crippen molar-refractivity contribution in [2.75, 3.05) is 6.54 Å². The average Bonchev–Trinajstić information content (AvgIpc) is 2.71. The highest BCUT2D eigenvalue weighted by atomic mass is 79.9. The summed E-state index contributed by atoms with van der Waals surface area (Å²) < 4.78 is 0.997. The van der Waals surface area contributed by atoms with Gasteiger partial charge in [0.15, 0.2) is 0 Å². The summed E-state index contributed by atoms with van der Waals surface area (Å²) in [5.74, 6) is -0.724. The van der Waals surface area contributed by atoms with Gasteiger partial charge in [-0.05, 0) is 43.1 Å². The molecule has 1 N–H and O–H groups in total. The molecule has 2 rings (SSSR count). The largest absolute Gasteiger partial charge is 0.480 e. The second-order valence-electron chi connectivity index (χ2n) is 4.24. The van der Waals surface area contributed by atoms with Crippen LogP contribution in [-0.2, 0) is 11.3 Å². The van der Waals surface area contributed by atoms with Crippen LogP contribution in [0, 0.1) is 0 Å². The van der Waals surface area contributed by atoms with Gasteiger partial charge >= 0.3 is 5.97 Å². The Kier molecular flexibility index (Phi) is 4.12. The molecule has 5 heteroatoms. The van der Waals surface area contributed by atoms with Crippen LogP contribution >= 0.6 is 28.6 Å². The standard InChI is InChI=1S/C12H14BrNO2S/c13-9-3-4-11(17)8(6-9)7-14-5-1-2-10(14)12(15)16/h3-4,6,10,17H,1-2,5,7H2,(H,15,16)/t10-/m0/s1. The molecule has 0 spiro atoms. The van der Waals surface area contributed by atoms with E-state index >= 15 is 0 Å². The first-order chi connectivity index (χ1) is 8.08. The molecule has 0 saturated carbocycles. The molecular weight excluding hydrogens is 302 g/mol. The van der Waals surface area contributed by atoms with E-state index in [2.05, 4.69) is 28.6 Å². The third-order valence-corrected chi connectivity index (χ3v) is 3.99. The summed E-state index contributed by atoms with van der Waals surface area (Å²) in [7, 11) is 0. The van der Waals surface area contributed by atoms with Crippen molar-refractivity contribution in [3.05, 3.63) is 28.2 Å². The fraction of sp³-hybridized carbons (Fsp3) is 0.417. The molecule has 0 amide bonds. The van der Waals surface area contributed by atoms with Crippen LogP contribution in [0.4, 0.5) is 0 Å². The molecule has 3 nitrogen and oxygen atoms in total. The number of hydrogen-bond donors (Lipinski definition) is 2. The minimum atomic E-state index is -0.724. The van der Waals surface area contributed by atoms with Gasteiger partial charge in [0.25, 0.3) is 0 Å². The smallest absolute Gasteiger partial charge is 0.320 e. The number of aliphatic carboxylic acids is 1. The van der Waals surface area contributed by atoms with Crippen molar-refractivity contribution in [2.24, 2.45) is 0 Å². The van der Waals surface area contributed by atoms with E-state index in [0.29, 0.717) is 6.54 Å². The van der Waals surface area contributed by atoms with Crippen molar-refractivity contribution in [1.29, 1.82) is 0 Å². The molecule has 0 aliphatic carbocycles. The first-order valence-corrected chi connectivity index (χ1v) is 6.76. The SMILES string of the molecule is O=C(O)[C@@H]1CCCN1Cc1cc(Br)ccc1S. The highest BCUT2D eigenvalue weighted by Gasteiger charge is 2.30. The average molecular weight is 316 g/mol. The van der Waals surface area contributed by atoms with Crippen molar-refractivity contribution >= 4 is 34.5 Å². The van der Waals surface area contributed by atoms with Crippen LogP contribution in [0.2, 0.25) is 0 Å². The predicted octanol–water partition coefficient (Wildman–Crippen LogP) is 2.79. The van der Waals surface area contributed by atoms with Gasteiger partial charge in [-0.15, -0.1) is 12.6 Å². The Morgan fingerprint density at radius 2 is 2.35 bits per heavy atom. The molecule has 1 aromatic carbocycles. The van der Waals surface area contributed by atoms with Gasteiger partial charge in [-0.3, -0.25) is 9.69 Å². The van der Waals surface area contributed by atoms with Gasteiger partial charge in [0, 0.05) is 15.9 Å². The number of likely N-dealkylation sites (tertiary alicyclic amines) is 1. The lowest BCUT2D eigenvalue weighted by Gasteiger charge is -2.21. The Morgan fingerprint density at radius 3 is 3.06 bits per heavy atom. The van der Waals surface area contributed by atoms with Crippen molar-refractivity contribution in [1.82, 2.24) is 4.90 Å². The number of benzene rings is 1. The Hall–Kier alpha value is -0.520. The number of rotatable bonds is 3. The fourth-order valence-corrected chi connectivity index (χ4v) is 2.81. The monoisotopic (exact) mass is 315 g/mol. The third kappa shape index (κ3) is 3.03. The van der Waals surface area contributed by atoms with E-state index in [-0.39, 0.29) is 6.04 Å². The molecule has 1 atom stereocenters. The molecule has 1 fully saturated rings. The van der Waals surface area contributed by atoms with Crippen LogP contribution in [0.15, 0.2) is 27.6 Å². The number of carbonyl (C=O) groups is 1. The second-order valence-corrected chi connectivity index (χ2v) is 5.64. The molecule has 0 radical (unpaired) electrons. The molecular formula is C12H14BrNO2S. The first kappa shape index (κ1) is 12.9. The zero-order valence-corrected chi connectivity index (χ0v) is 11.7. The number of carboxylic acid groups (broad SMARTS) is 1. The number of nitrogens with zero attached hydrogens (tertiary/aromatic N) is 1. The van der Waals surface area contributed by atoms with E-state index < -0.39 is 5.97 Å². The normalized spacial score (nSPS) is 20.7. The lowest BCUT2D eigenvalue weighted by Crippen LogP contribution is -2.35. The van der Waals surface area contributed by atoms with Crippen LogP contribution in [0.1, 0.15) is 18.4 Å². The van der Waals surface area contributed by atoms with Gasteiger partial charge in [-0.2, -0.15) is 0 Å². The maximum absolute atomic E-state index is 11.1. The molecule has 1 aromatic rings. The van der Waals surface area contributed by atoms with Gasteiger partial charge in [0.05, 0.1) is 0 Å². The summed E-state index contributed by atoms with van der Waals surface area (Å²) in [4.78, 5) is 14.0. The molecule has 1 heterocycles. The van der Waals surface area contributed by atoms with Crippen molar-refractivity contribution < 1.29 is 9.90 Å². The van der Waals surface area contributed by atoms with Crippen LogP contribution in [0.3, 0.4) is 0 Å². The summed E-state index contributed by atoms with van der Waals surface area (Å²) in [6.07, 6.45) is 1.69. The zero-order chi connectivity index (χ0) is 12.4. The lowest BCUT2D eigenvalue weighted by atomic mass is 10.2. The van der Waals surface area contributed by atoms with Crippen molar-refractivity contribution in [3.63, 3.8) is 0 Å². The lowest BCUT2D eigenvalue weighted by molar-refractivity contribution is -0.142. The maximum atomic E-state index is 11.1. The summed E-state index contributed by atoms with van der Waals surface area (Å²) in [6.45, 7) is 1.49. The zero-order valence-electron chi connectivity index (χ0n) is 9.27. The number of hydrogen-bond acceptors (Lipinski definition) is 3. The summed E-state index contributed by atoms with van der Waals surface area (Å²) >= 11 is 7.83. The second kappa shape index (κ2) is 5.42. The summed E-state index contributed by atoms with van der Waals surface area (Å²) in [5, 5.41) is 9.12. The third-order valence-electron chi connectivity index (χ3n) is 3.06. The minimum absolute atomic E-state index is 0.346. The summed E-state index contributed by atoms with van der Waals surface area (Å²) in [5.41, 5.74) is 1.07. The molecule has 1 aliphatic heterocycles. The Bertz CT molecular complexity index is 439. The van der Waals surface area contributed by atoms with Crippen LogP contribution in [0.5, 0.6) is 0 Å². The summed E-state index contributed by atoms with van der Waals surface area (Å²) in [6, 6.07) is 5.51. The number of halogens is 1. The van der Waals surface area contributed by atoms with Crippen molar-refractivity contribution in [2.45, 2.75) is 30.3 Å². The number of thiol groups is 1. The quantitative estimate of drug-likeness (QED) is 0.843. The fourth-order valence-electron chi connectivity index (χ4n) is 2.19. The van der Waals surface area contributed by atoms with Crippen LogP contribution < -0.4 is 0 Å². The highest BCUT2D eigenvalue weighted by molar-refractivity contribution is 9.10.